The average Bonchev–Trinajstić information content (AvgIpc) is 2.38. The number of nitrogens with one attached hydrogen (secondary N) is 1. The number of carboxylic acid groups (broad SMARTS) is 1. The molecule has 8 heteroatoms. The maximum absolute atomic E-state index is 12.0. The molecule has 0 radical (unpaired) electrons. The Morgan fingerprint density at radius 3 is 2.65 bits per heavy atom. The van der Waals surface area contributed by atoms with E-state index in [1.165, 1.54) is 4.90 Å². The smallest absolute Gasteiger partial charge is 0.326 e. The highest BCUT2D eigenvalue weighted by Gasteiger charge is 2.27. The van der Waals surface area contributed by atoms with Crippen molar-refractivity contribution in [3.05, 3.63) is 0 Å². The number of hydrogen-bond acceptors (Lipinski definition) is 4. The second-order valence-corrected chi connectivity index (χ2v) is 4.98. The third-order valence-corrected chi connectivity index (χ3v) is 3.34. The molecule has 1 rings (SSSR count). The number of hydrogen-bond donors (Lipinski definition) is 4. The van der Waals surface area contributed by atoms with Crippen molar-refractivity contribution >= 4 is 17.9 Å². The van der Waals surface area contributed by atoms with Gasteiger partial charge < -0.3 is 26.2 Å². The Bertz CT molecular complexity index is 372. The number of aliphatic hydroxyl groups excluding tert-OH is 1. The SMILES string of the molecule is NC(=O)CC(NC(=O)N1CCCC(CCO)C1)C(=O)O. The normalized spacial score (nSPS) is 20.2. The molecule has 1 fully saturated rings. The first-order valence-electron chi connectivity index (χ1n) is 6.61. The van der Waals surface area contributed by atoms with E-state index in [4.69, 9.17) is 15.9 Å². The first kappa shape index (κ1) is 16.2. The fraction of sp³-hybridized carbons (Fsp3) is 0.750. The quantitative estimate of drug-likeness (QED) is 0.503. The predicted molar refractivity (Wildman–Crippen MR) is 69.8 cm³/mol. The van der Waals surface area contributed by atoms with Crippen molar-refractivity contribution in [1.82, 2.24) is 10.2 Å². The second kappa shape index (κ2) is 7.68. The van der Waals surface area contributed by atoms with E-state index in [2.05, 4.69) is 5.32 Å². The number of carboxylic acids is 1. The Hall–Kier alpha value is -1.83. The molecule has 5 N–H and O–H groups in total. The summed E-state index contributed by atoms with van der Waals surface area (Å²) in [5.41, 5.74) is 4.95. The molecule has 0 saturated carbocycles. The summed E-state index contributed by atoms with van der Waals surface area (Å²) in [7, 11) is 0. The van der Waals surface area contributed by atoms with Crippen LogP contribution in [0.2, 0.25) is 0 Å². The van der Waals surface area contributed by atoms with Crippen LogP contribution in [0.5, 0.6) is 0 Å². The van der Waals surface area contributed by atoms with E-state index in [9.17, 15) is 14.4 Å². The van der Waals surface area contributed by atoms with Crippen molar-refractivity contribution < 1.29 is 24.6 Å². The minimum Gasteiger partial charge on any atom is -0.480 e. The Labute approximate surface area is 116 Å². The summed E-state index contributed by atoms with van der Waals surface area (Å²) in [6.07, 6.45) is 1.93. The van der Waals surface area contributed by atoms with Crippen LogP contribution in [0, 0.1) is 5.92 Å². The third kappa shape index (κ3) is 5.04. The number of primary amides is 1. The van der Waals surface area contributed by atoms with Gasteiger partial charge in [0.1, 0.15) is 6.04 Å². The molecule has 8 nitrogen and oxygen atoms in total. The van der Waals surface area contributed by atoms with Crippen LogP contribution in [0.1, 0.15) is 25.7 Å². The van der Waals surface area contributed by atoms with Crippen molar-refractivity contribution in [3.8, 4) is 0 Å². The zero-order chi connectivity index (χ0) is 15.1. The van der Waals surface area contributed by atoms with Crippen LogP contribution < -0.4 is 11.1 Å². The summed E-state index contributed by atoms with van der Waals surface area (Å²) in [4.78, 5) is 35.2. The maximum atomic E-state index is 12.0. The molecule has 1 heterocycles. The van der Waals surface area contributed by atoms with Crippen molar-refractivity contribution in [3.63, 3.8) is 0 Å². The first-order valence-corrected chi connectivity index (χ1v) is 6.61. The molecule has 2 unspecified atom stereocenters. The molecule has 0 aromatic rings. The third-order valence-electron chi connectivity index (χ3n) is 3.34. The molecule has 2 atom stereocenters. The first-order chi connectivity index (χ1) is 9.43. The second-order valence-electron chi connectivity index (χ2n) is 4.98. The van der Waals surface area contributed by atoms with Gasteiger partial charge in [-0.05, 0) is 25.2 Å². The minimum atomic E-state index is -1.31. The number of carbonyl (C=O) groups is 3. The van der Waals surface area contributed by atoms with Crippen molar-refractivity contribution in [1.29, 1.82) is 0 Å². The Kier molecular flexibility index (Phi) is 6.23. The molecule has 0 aromatic carbocycles. The predicted octanol–water partition coefficient (Wildman–Crippen LogP) is -0.881. The van der Waals surface area contributed by atoms with Gasteiger partial charge in [-0.25, -0.2) is 9.59 Å². The van der Waals surface area contributed by atoms with E-state index in [1.54, 1.807) is 0 Å². The highest BCUT2D eigenvalue weighted by atomic mass is 16.4. The van der Waals surface area contributed by atoms with Gasteiger partial charge in [0.25, 0.3) is 0 Å². The summed E-state index contributed by atoms with van der Waals surface area (Å²) >= 11 is 0. The number of nitrogens with zero attached hydrogens (tertiary/aromatic N) is 1. The summed E-state index contributed by atoms with van der Waals surface area (Å²) in [6, 6.07) is -1.82. The minimum absolute atomic E-state index is 0.0690. The van der Waals surface area contributed by atoms with Gasteiger partial charge in [0, 0.05) is 19.7 Å². The van der Waals surface area contributed by atoms with E-state index in [0.717, 1.165) is 12.8 Å². The lowest BCUT2D eigenvalue weighted by Gasteiger charge is -2.33. The molecule has 20 heavy (non-hydrogen) atoms. The number of likely N-dealkylation sites (tertiary alicyclic amines) is 1. The number of carbonyl (C=O) groups excluding carboxylic acids is 2. The maximum Gasteiger partial charge on any atom is 0.326 e. The van der Waals surface area contributed by atoms with Gasteiger partial charge >= 0.3 is 12.0 Å². The van der Waals surface area contributed by atoms with Crippen molar-refractivity contribution in [2.24, 2.45) is 11.7 Å². The standard InChI is InChI=1S/C12H21N3O5/c13-10(17)6-9(11(18)19)14-12(20)15-4-1-2-8(7-15)3-5-16/h8-9,16H,1-7H2,(H2,13,17)(H,14,20)(H,18,19). The Balaban J connectivity index is 2.55. The monoisotopic (exact) mass is 287 g/mol. The van der Waals surface area contributed by atoms with E-state index < -0.39 is 30.4 Å². The molecule has 0 aromatic heterocycles. The molecular weight excluding hydrogens is 266 g/mol. The van der Waals surface area contributed by atoms with Gasteiger partial charge in [0.2, 0.25) is 5.91 Å². The molecule has 0 aliphatic carbocycles. The number of nitrogens with two attached hydrogens (primary N) is 1. The van der Waals surface area contributed by atoms with E-state index in [1.807, 2.05) is 0 Å². The summed E-state index contributed by atoms with van der Waals surface area (Å²) < 4.78 is 0. The Morgan fingerprint density at radius 2 is 2.10 bits per heavy atom. The van der Waals surface area contributed by atoms with Crippen LogP contribution in [0.4, 0.5) is 4.79 Å². The average molecular weight is 287 g/mol. The van der Waals surface area contributed by atoms with Gasteiger partial charge in [-0.15, -0.1) is 0 Å². The van der Waals surface area contributed by atoms with Gasteiger partial charge in [0.15, 0.2) is 0 Å². The largest absolute Gasteiger partial charge is 0.480 e. The van der Waals surface area contributed by atoms with E-state index in [0.29, 0.717) is 19.5 Å². The number of urea groups is 1. The molecule has 1 saturated heterocycles. The number of amides is 3. The molecule has 1 aliphatic rings. The highest BCUT2D eigenvalue weighted by molar-refractivity contribution is 5.87. The van der Waals surface area contributed by atoms with Crippen LogP contribution in [-0.4, -0.2) is 58.8 Å². The summed E-state index contributed by atoms with van der Waals surface area (Å²) in [5.74, 6) is -1.85. The van der Waals surface area contributed by atoms with Gasteiger partial charge in [0.05, 0.1) is 6.42 Å². The zero-order valence-corrected chi connectivity index (χ0v) is 11.2. The molecule has 1 aliphatic heterocycles. The van der Waals surface area contributed by atoms with Gasteiger partial charge in [-0.1, -0.05) is 0 Å². The fourth-order valence-electron chi connectivity index (χ4n) is 2.31. The number of piperidine rings is 1. The van der Waals surface area contributed by atoms with Crippen LogP contribution in [0.25, 0.3) is 0 Å². The van der Waals surface area contributed by atoms with Crippen LogP contribution in [0.3, 0.4) is 0 Å². The van der Waals surface area contributed by atoms with E-state index in [-0.39, 0.29) is 12.5 Å². The molecule has 0 bridgehead atoms. The zero-order valence-electron chi connectivity index (χ0n) is 11.2. The van der Waals surface area contributed by atoms with Gasteiger partial charge in [-0.2, -0.15) is 0 Å². The molecule has 114 valence electrons. The number of aliphatic carboxylic acids is 1. The van der Waals surface area contributed by atoms with Crippen LogP contribution in [-0.2, 0) is 9.59 Å². The van der Waals surface area contributed by atoms with Gasteiger partial charge in [-0.3, -0.25) is 4.79 Å². The topological polar surface area (TPSA) is 133 Å². The molecular formula is C12H21N3O5. The Morgan fingerprint density at radius 1 is 1.40 bits per heavy atom. The summed E-state index contributed by atoms with van der Waals surface area (Å²) in [5, 5.41) is 20.1. The van der Waals surface area contributed by atoms with E-state index >= 15 is 0 Å². The van der Waals surface area contributed by atoms with Crippen molar-refractivity contribution in [2.75, 3.05) is 19.7 Å². The lowest BCUT2D eigenvalue weighted by molar-refractivity contribution is -0.141. The summed E-state index contributed by atoms with van der Waals surface area (Å²) in [6.45, 7) is 1.09. The highest BCUT2D eigenvalue weighted by Crippen LogP contribution is 2.19. The van der Waals surface area contributed by atoms with Crippen molar-refractivity contribution in [2.45, 2.75) is 31.7 Å². The van der Waals surface area contributed by atoms with Crippen LogP contribution >= 0.6 is 0 Å². The molecule has 3 amide bonds. The lowest BCUT2D eigenvalue weighted by atomic mass is 9.95. The molecule has 0 spiro atoms. The number of aliphatic hydroxyl groups is 1. The van der Waals surface area contributed by atoms with Crippen LogP contribution in [0.15, 0.2) is 0 Å². The number of rotatable bonds is 6. The fourth-order valence-corrected chi connectivity index (χ4v) is 2.31. The lowest BCUT2D eigenvalue weighted by Crippen LogP contribution is -2.51.